The summed E-state index contributed by atoms with van der Waals surface area (Å²) in [6.45, 7) is 12.6. The fourth-order valence-corrected chi connectivity index (χ4v) is 4.65. The topological polar surface area (TPSA) is 113 Å². The molecule has 0 spiro atoms. The average molecular weight is 565 g/mol. The maximum atomic E-state index is 13.7. The Morgan fingerprint density at radius 3 is 1.98 bits per heavy atom. The smallest absolute Gasteiger partial charge is 0.266 e. The molecule has 0 radical (unpaired) electrons. The molecule has 3 aromatic rings. The first-order valence-corrected chi connectivity index (χ1v) is 15.0. The van der Waals surface area contributed by atoms with Gasteiger partial charge in [0.2, 0.25) is 5.91 Å². The van der Waals surface area contributed by atoms with E-state index in [2.05, 4.69) is 70.4 Å². The number of amides is 2. The molecular weight excluding hydrogens is 524 g/mol. The third-order valence-corrected chi connectivity index (χ3v) is 7.51. The van der Waals surface area contributed by atoms with Crippen LogP contribution < -0.4 is 10.6 Å². The Hall–Kier alpha value is -3.49. The van der Waals surface area contributed by atoms with Crippen LogP contribution in [0.1, 0.15) is 80.1 Å². The molecule has 0 saturated heterocycles. The van der Waals surface area contributed by atoms with Crippen molar-refractivity contribution in [2.45, 2.75) is 64.7 Å². The molecule has 3 N–H and O–H groups in total. The van der Waals surface area contributed by atoms with Gasteiger partial charge >= 0.3 is 0 Å². The Morgan fingerprint density at radius 2 is 1.43 bits per heavy atom. The first-order chi connectivity index (χ1) is 18.5. The standard InChI is InChI=1S/C32H40N2O5S/c1-31(2,3)25-16-14-23(15-17-25)28(30(36)34-27-9-7-8-26(21-27)32(4,5)6)20-22-10-12-24(13-11-22)29(35)33-18-19-40(37,38)39/h7-17,21,28H,18-20H2,1-6H3,(H,33,35)(H,34,36)(H,37,38,39). The lowest BCUT2D eigenvalue weighted by Gasteiger charge is -2.23. The molecule has 0 saturated carbocycles. The lowest BCUT2D eigenvalue weighted by molar-refractivity contribution is -0.117. The number of carbonyl (C=O) groups is 2. The minimum atomic E-state index is -4.15. The van der Waals surface area contributed by atoms with Gasteiger partial charge in [0, 0.05) is 17.8 Å². The van der Waals surface area contributed by atoms with Crippen molar-refractivity contribution in [3.8, 4) is 0 Å². The molecule has 214 valence electrons. The van der Waals surface area contributed by atoms with Crippen molar-refractivity contribution in [3.05, 3.63) is 101 Å². The highest BCUT2D eigenvalue weighted by molar-refractivity contribution is 7.85. The van der Waals surface area contributed by atoms with E-state index >= 15 is 0 Å². The lowest BCUT2D eigenvalue weighted by atomic mass is 9.84. The second kappa shape index (κ2) is 12.4. The van der Waals surface area contributed by atoms with E-state index in [1.54, 1.807) is 24.3 Å². The molecule has 0 aliphatic heterocycles. The predicted octanol–water partition coefficient (Wildman–Crippen LogP) is 5.86. The summed E-state index contributed by atoms with van der Waals surface area (Å²) in [6, 6.07) is 22.9. The van der Waals surface area contributed by atoms with Crippen LogP contribution >= 0.6 is 0 Å². The number of rotatable bonds is 9. The van der Waals surface area contributed by atoms with E-state index in [1.165, 1.54) is 5.56 Å². The normalized spacial score (nSPS) is 13.0. The summed E-state index contributed by atoms with van der Waals surface area (Å²) in [5.74, 6) is -1.59. The quantitative estimate of drug-likeness (QED) is 0.282. The van der Waals surface area contributed by atoms with Gasteiger partial charge < -0.3 is 10.6 Å². The molecule has 0 fully saturated rings. The number of hydrogen-bond donors (Lipinski definition) is 3. The van der Waals surface area contributed by atoms with Crippen LogP contribution in [0.25, 0.3) is 0 Å². The second-order valence-corrected chi connectivity index (χ2v) is 13.8. The predicted molar refractivity (Wildman–Crippen MR) is 161 cm³/mol. The van der Waals surface area contributed by atoms with Crippen LogP contribution in [0.2, 0.25) is 0 Å². The van der Waals surface area contributed by atoms with Gasteiger partial charge in [-0.25, -0.2) is 0 Å². The van der Waals surface area contributed by atoms with Crippen molar-refractivity contribution >= 4 is 27.6 Å². The highest BCUT2D eigenvalue weighted by Crippen LogP contribution is 2.29. The van der Waals surface area contributed by atoms with Crippen molar-refractivity contribution < 1.29 is 22.6 Å². The summed E-state index contributed by atoms with van der Waals surface area (Å²) in [5, 5.41) is 5.59. The summed E-state index contributed by atoms with van der Waals surface area (Å²) in [6.07, 6.45) is 0.421. The van der Waals surface area contributed by atoms with E-state index in [0.29, 0.717) is 12.0 Å². The second-order valence-electron chi connectivity index (χ2n) is 12.2. The van der Waals surface area contributed by atoms with E-state index in [4.69, 9.17) is 4.55 Å². The molecule has 40 heavy (non-hydrogen) atoms. The van der Waals surface area contributed by atoms with Gasteiger partial charge in [0.25, 0.3) is 16.0 Å². The van der Waals surface area contributed by atoms with Gasteiger partial charge in [-0.1, -0.05) is 90.1 Å². The minimum Gasteiger partial charge on any atom is -0.351 e. The summed E-state index contributed by atoms with van der Waals surface area (Å²) < 4.78 is 30.6. The van der Waals surface area contributed by atoms with Crippen LogP contribution in [0.3, 0.4) is 0 Å². The number of hydrogen-bond acceptors (Lipinski definition) is 4. The van der Waals surface area contributed by atoms with Crippen LogP contribution in [0.5, 0.6) is 0 Å². The van der Waals surface area contributed by atoms with Crippen molar-refractivity contribution in [1.29, 1.82) is 0 Å². The van der Waals surface area contributed by atoms with Crippen LogP contribution in [-0.2, 0) is 32.2 Å². The fourth-order valence-electron chi connectivity index (χ4n) is 4.29. The molecule has 2 amide bonds. The molecule has 0 aliphatic carbocycles. The Bertz CT molecular complexity index is 1430. The fraction of sp³-hybridized carbons (Fsp3) is 0.375. The summed E-state index contributed by atoms with van der Waals surface area (Å²) in [7, 11) is -4.15. The first kappa shape index (κ1) is 31.0. The van der Waals surface area contributed by atoms with E-state index in [-0.39, 0.29) is 23.3 Å². The summed E-state index contributed by atoms with van der Waals surface area (Å²) in [4.78, 5) is 26.0. The lowest BCUT2D eigenvalue weighted by Crippen LogP contribution is -2.28. The molecule has 3 aromatic carbocycles. The highest BCUT2D eigenvalue weighted by Gasteiger charge is 2.24. The van der Waals surface area contributed by atoms with E-state index < -0.39 is 27.7 Å². The van der Waals surface area contributed by atoms with Gasteiger partial charge in [0.15, 0.2) is 0 Å². The van der Waals surface area contributed by atoms with Gasteiger partial charge in [0.1, 0.15) is 0 Å². The SMILES string of the molecule is CC(C)(C)c1ccc(C(Cc2ccc(C(=O)NCCS(=O)(=O)O)cc2)C(=O)Nc2cccc(C(C)(C)C)c2)cc1. The Labute approximate surface area is 238 Å². The molecule has 0 bridgehead atoms. The monoisotopic (exact) mass is 564 g/mol. The molecule has 0 aromatic heterocycles. The molecule has 0 heterocycles. The van der Waals surface area contributed by atoms with Gasteiger partial charge in [0.05, 0.1) is 11.7 Å². The van der Waals surface area contributed by atoms with Crippen LogP contribution in [0, 0.1) is 0 Å². The molecular formula is C32H40N2O5S. The Balaban J connectivity index is 1.84. The largest absolute Gasteiger partial charge is 0.351 e. The van der Waals surface area contributed by atoms with Crippen LogP contribution in [0.15, 0.2) is 72.8 Å². The van der Waals surface area contributed by atoms with E-state index in [1.807, 2.05) is 30.3 Å². The maximum Gasteiger partial charge on any atom is 0.266 e. The Morgan fingerprint density at radius 1 is 0.825 bits per heavy atom. The zero-order valence-corrected chi connectivity index (χ0v) is 24.9. The van der Waals surface area contributed by atoms with Crippen molar-refractivity contribution in [1.82, 2.24) is 5.32 Å². The maximum absolute atomic E-state index is 13.7. The van der Waals surface area contributed by atoms with Crippen LogP contribution in [-0.4, -0.2) is 37.1 Å². The number of nitrogens with one attached hydrogen (secondary N) is 2. The van der Waals surface area contributed by atoms with Gasteiger partial charge in [-0.15, -0.1) is 0 Å². The van der Waals surface area contributed by atoms with Crippen molar-refractivity contribution in [2.75, 3.05) is 17.6 Å². The van der Waals surface area contributed by atoms with E-state index in [9.17, 15) is 18.0 Å². The molecule has 1 atom stereocenters. The van der Waals surface area contributed by atoms with Gasteiger partial charge in [-0.05, 0) is 63.8 Å². The third kappa shape index (κ3) is 9.03. The molecule has 0 aliphatic rings. The number of anilines is 1. The first-order valence-electron chi connectivity index (χ1n) is 13.4. The zero-order chi connectivity index (χ0) is 29.7. The van der Waals surface area contributed by atoms with Crippen molar-refractivity contribution in [3.63, 3.8) is 0 Å². The summed E-state index contributed by atoms with van der Waals surface area (Å²) in [5.41, 5.74) is 5.10. The van der Waals surface area contributed by atoms with Crippen molar-refractivity contribution in [2.24, 2.45) is 0 Å². The number of benzene rings is 3. The minimum absolute atomic E-state index is 0.0125. The van der Waals surface area contributed by atoms with Crippen LogP contribution in [0.4, 0.5) is 5.69 Å². The molecule has 7 nitrogen and oxygen atoms in total. The molecule has 1 unspecified atom stereocenters. The third-order valence-electron chi connectivity index (χ3n) is 6.79. The Kier molecular flexibility index (Phi) is 9.59. The molecule has 8 heteroatoms. The van der Waals surface area contributed by atoms with E-state index in [0.717, 1.165) is 22.4 Å². The zero-order valence-electron chi connectivity index (χ0n) is 24.1. The summed E-state index contributed by atoms with van der Waals surface area (Å²) >= 11 is 0. The highest BCUT2D eigenvalue weighted by atomic mass is 32.2. The van der Waals surface area contributed by atoms with Gasteiger partial charge in [-0.2, -0.15) is 8.42 Å². The average Bonchev–Trinajstić information content (AvgIpc) is 2.86. The number of carbonyl (C=O) groups excluding carboxylic acids is 2. The molecule has 3 rings (SSSR count). The van der Waals surface area contributed by atoms with Gasteiger partial charge in [-0.3, -0.25) is 14.1 Å².